The Morgan fingerprint density at radius 2 is 1.46 bits per heavy atom. The third kappa shape index (κ3) is 5.67. The predicted molar refractivity (Wildman–Crippen MR) is 105 cm³/mol. The number of nitrogens with one attached hydrogen (secondary N) is 2. The SMILES string of the molecule is C[C@H](NC(=O)c1ccc(C(C)(C)C)cc1)C(=O)NCc1ccc(C(=O)[O-])cc1. The summed E-state index contributed by atoms with van der Waals surface area (Å²) >= 11 is 0. The van der Waals surface area contributed by atoms with E-state index in [-0.39, 0.29) is 29.3 Å². The third-order valence-corrected chi connectivity index (χ3v) is 4.41. The van der Waals surface area contributed by atoms with Crippen LogP contribution in [-0.2, 0) is 16.8 Å². The van der Waals surface area contributed by atoms with Gasteiger partial charge in [-0.2, -0.15) is 0 Å². The van der Waals surface area contributed by atoms with Crippen LogP contribution in [-0.4, -0.2) is 23.8 Å². The summed E-state index contributed by atoms with van der Waals surface area (Å²) in [6, 6.07) is 12.7. The van der Waals surface area contributed by atoms with E-state index in [4.69, 9.17) is 0 Å². The summed E-state index contributed by atoms with van der Waals surface area (Å²) in [5, 5.41) is 16.1. The van der Waals surface area contributed by atoms with Gasteiger partial charge in [-0.25, -0.2) is 0 Å². The lowest BCUT2D eigenvalue weighted by Crippen LogP contribution is -2.44. The molecule has 0 heterocycles. The first-order valence-corrected chi connectivity index (χ1v) is 9.07. The van der Waals surface area contributed by atoms with Gasteiger partial charge in [0.05, 0.1) is 5.97 Å². The second-order valence-electron chi connectivity index (χ2n) is 7.72. The van der Waals surface area contributed by atoms with Crippen LogP contribution >= 0.6 is 0 Å². The van der Waals surface area contributed by atoms with Gasteiger partial charge >= 0.3 is 0 Å². The monoisotopic (exact) mass is 381 g/mol. The first kappa shape index (κ1) is 21.2. The summed E-state index contributed by atoms with van der Waals surface area (Å²) in [6.45, 7) is 8.13. The first-order chi connectivity index (χ1) is 13.1. The van der Waals surface area contributed by atoms with E-state index in [1.54, 1.807) is 31.2 Å². The van der Waals surface area contributed by atoms with Gasteiger partial charge in [-0.3, -0.25) is 9.59 Å². The minimum Gasteiger partial charge on any atom is -0.545 e. The largest absolute Gasteiger partial charge is 0.545 e. The molecule has 6 heteroatoms. The molecule has 2 N–H and O–H groups in total. The van der Waals surface area contributed by atoms with E-state index in [0.717, 1.165) is 11.1 Å². The Balaban J connectivity index is 1.89. The van der Waals surface area contributed by atoms with Gasteiger partial charge in [0, 0.05) is 12.1 Å². The van der Waals surface area contributed by atoms with Crippen LogP contribution in [0.25, 0.3) is 0 Å². The molecule has 0 aliphatic heterocycles. The van der Waals surface area contributed by atoms with E-state index >= 15 is 0 Å². The molecule has 2 aromatic carbocycles. The second kappa shape index (κ2) is 8.69. The number of benzene rings is 2. The molecule has 1 atom stereocenters. The second-order valence-corrected chi connectivity index (χ2v) is 7.72. The average molecular weight is 381 g/mol. The predicted octanol–water partition coefficient (Wildman–Crippen LogP) is 1.78. The third-order valence-electron chi connectivity index (χ3n) is 4.41. The standard InChI is InChI=1S/C22H26N2O4/c1-14(19(25)23-13-15-5-7-17(8-6-15)21(27)28)24-20(26)16-9-11-18(12-10-16)22(2,3)4/h5-12,14H,13H2,1-4H3,(H,23,25)(H,24,26)(H,27,28)/p-1/t14-/m0/s1. The lowest BCUT2D eigenvalue weighted by molar-refractivity contribution is -0.255. The first-order valence-electron chi connectivity index (χ1n) is 9.07. The molecular weight excluding hydrogens is 356 g/mol. The number of hydrogen-bond donors (Lipinski definition) is 2. The summed E-state index contributed by atoms with van der Waals surface area (Å²) in [6.07, 6.45) is 0. The van der Waals surface area contributed by atoms with Gasteiger partial charge in [0.2, 0.25) is 5.91 Å². The number of carbonyl (C=O) groups excluding carboxylic acids is 3. The number of amides is 2. The van der Waals surface area contributed by atoms with Crippen LogP contribution in [0.2, 0.25) is 0 Å². The van der Waals surface area contributed by atoms with E-state index in [2.05, 4.69) is 31.4 Å². The smallest absolute Gasteiger partial charge is 0.251 e. The van der Waals surface area contributed by atoms with Crippen LogP contribution in [0, 0.1) is 0 Å². The fourth-order valence-electron chi connectivity index (χ4n) is 2.57. The minimum atomic E-state index is -1.25. The molecule has 0 saturated carbocycles. The maximum Gasteiger partial charge on any atom is 0.251 e. The molecule has 0 unspecified atom stereocenters. The fraction of sp³-hybridized carbons (Fsp3) is 0.318. The zero-order valence-electron chi connectivity index (χ0n) is 16.5. The highest BCUT2D eigenvalue weighted by molar-refractivity contribution is 5.97. The summed E-state index contributed by atoms with van der Waals surface area (Å²) in [7, 11) is 0. The number of rotatable bonds is 6. The van der Waals surface area contributed by atoms with E-state index in [0.29, 0.717) is 5.56 Å². The summed E-state index contributed by atoms with van der Waals surface area (Å²) in [5.74, 6) is -1.90. The van der Waals surface area contributed by atoms with Crippen molar-refractivity contribution in [2.45, 2.75) is 45.7 Å². The van der Waals surface area contributed by atoms with Crippen molar-refractivity contribution in [2.24, 2.45) is 0 Å². The van der Waals surface area contributed by atoms with Crippen molar-refractivity contribution in [3.8, 4) is 0 Å². The number of aromatic carboxylic acids is 1. The summed E-state index contributed by atoms with van der Waals surface area (Å²) in [5.41, 5.74) is 2.44. The normalized spacial score (nSPS) is 12.1. The Morgan fingerprint density at radius 3 is 1.96 bits per heavy atom. The summed E-state index contributed by atoms with van der Waals surface area (Å²) in [4.78, 5) is 35.3. The molecule has 0 bridgehead atoms. The van der Waals surface area contributed by atoms with Crippen LogP contribution in [0.1, 0.15) is 59.5 Å². The van der Waals surface area contributed by atoms with Gasteiger partial charge in [-0.05, 0) is 41.2 Å². The molecule has 2 aromatic rings. The van der Waals surface area contributed by atoms with Crippen LogP contribution in [0.15, 0.2) is 48.5 Å². The van der Waals surface area contributed by atoms with E-state index in [1.807, 2.05) is 12.1 Å². The van der Waals surface area contributed by atoms with Crippen molar-refractivity contribution in [1.82, 2.24) is 10.6 Å². The number of carbonyl (C=O) groups is 3. The van der Waals surface area contributed by atoms with Crippen molar-refractivity contribution in [3.63, 3.8) is 0 Å². The molecule has 0 radical (unpaired) electrons. The lowest BCUT2D eigenvalue weighted by atomic mass is 9.86. The van der Waals surface area contributed by atoms with Crippen LogP contribution in [0.5, 0.6) is 0 Å². The van der Waals surface area contributed by atoms with Crippen LogP contribution in [0.3, 0.4) is 0 Å². The van der Waals surface area contributed by atoms with Crippen molar-refractivity contribution in [1.29, 1.82) is 0 Å². The molecule has 2 amide bonds. The Kier molecular flexibility index (Phi) is 6.57. The maximum atomic E-state index is 12.3. The van der Waals surface area contributed by atoms with Crippen molar-refractivity contribution >= 4 is 17.8 Å². The average Bonchev–Trinajstić information content (AvgIpc) is 2.65. The molecule has 0 spiro atoms. The van der Waals surface area contributed by atoms with E-state index in [9.17, 15) is 19.5 Å². The Morgan fingerprint density at radius 1 is 0.929 bits per heavy atom. The highest BCUT2D eigenvalue weighted by Crippen LogP contribution is 2.22. The molecule has 0 saturated heterocycles. The van der Waals surface area contributed by atoms with Gasteiger partial charge < -0.3 is 20.5 Å². The van der Waals surface area contributed by atoms with Crippen LogP contribution < -0.4 is 15.7 Å². The Bertz CT molecular complexity index is 850. The molecule has 0 aliphatic carbocycles. The zero-order chi connectivity index (χ0) is 20.9. The molecule has 2 rings (SSSR count). The molecule has 6 nitrogen and oxygen atoms in total. The van der Waals surface area contributed by atoms with E-state index in [1.165, 1.54) is 12.1 Å². The summed E-state index contributed by atoms with van der Waals surface area (Å²) < 4.78 is 0. The van der Waals surface area contributed by atoms with Gasteiger partial charge in [-0.1, -0.05) is 57.2 Å². The minimum absolute atomic E-state index is 0.00135. The van der Waals surface area contributed by atoms with Gasteiger partial charge in [-0.15, -0.1) is 0 Å². The quantitative estimate of drug-likeness (QED) is 0.797. The Labute approximate surface area is 165 Å². The number of carboxylic acid groups (broad SMARTS) is 1. The highest BCUT2D eigenvalue weighted by atomic mass is 16.4. The number of carboxylic acids is 1. The lowest BCUT2D eigenvalue weighted by Gasteiger charge is -2.19. The fourth-order valence-corrected chi connectivity index (χ4v) is 2.57. The van der Waals surface area contributed by atoms with Gasteiger partial charge in [0.25, 0.3) is 5.91 Å². The number of hydrogen-bond acceptors (Lipinski definition) is 4. The van der Waals surface area contributed by atoms with Crippen molar-refractivity contribution < 1.29 is 19.5 Å². The van der Waals surface area contributed by atoms with Gasteiger partial charge in [0.1, 0.15) is 6.04 Å². The molecule has 0 aromatic heterocycles. The molecule has 28 heavy (non-hydrogen) atoms. The van der Waals surface area contributed by atoms with E-state index < -0.39 is 12.0 Å². The van der Waals surface area contributed by atoms with Crippen molar-refractivity contribution in [2.75, 3.05) is 0 Å². The Hall–Kier alpha value is -3.15. The molecule has 0 aliphatic rings. The van der Waals surface area contributed by atoms with Crippen LogP contribution in [0.4, 0.5) is 0 Å². The molecule has 148 valence electrons. The highest BCUT2D eigenvalue weighted by Gasteiger charge is 2.18. The van der Waals surface area contributed by atoms with Gasteiger partial charge in [0.15, 0.2) is 0 Å². The molecule has 0 fully saturated rings. The van der Waals surface area contributed by atoms with Crippen molar-refractivity contribution in [3.05, 3.63) is 70.8 Å². The molecular formula is C22H25N2O4-. The maximum absolute atomic E-state index is 12.3. The zero-order valence-corrected chi connectivity index (χ0v) is 16.5. The topological polar surface area (TPSA) is 98.3 Å².